The van der Waals surface area contributed by atoms with Gasteiger partial charge in [0.2, 0.25) is 0 Å². The van der Waals surface area contributed by atoms with Crippen LogP contribution >= 0.6 is 34.5 Å². The molecule has 8 heteroatoms. The highest BCUT2D eigenvalue weighted by atomic mass is 35.5. The Labute approximate surface area is 131 Å². The molecule has 0 amide bonds. The Morgan fingerprint density at radius 1 is 1.35 bits per heavy atom. The molecule has 0 saturated carbocycles. The van der Waals surface area contributed by atoms with E-state index in [-0.39, 0.29) is 0 Å². The van der Waals surface area contributed by atoms with Crippen molar-refractivity contribution in [3.63, 3.8) is 0 Å². The van der Waals surface area contributed by atoms with Crippen molar-refractivity contribution < 1.29 is 4.21 Å². The zero-order chi connectivity index (χ0) is 14.3. The first-order valence-electron chi connectivity index (χ1n) is 5.62. The number of aromatic amines is 1. The summed E-state index contributed by atoms with van der Waals surface area (Å²) in [7, 11) is -1.37. The molecule has 0 aliphatic carbocycles. The van der Waals surface area contributed by atoms with Crippen LogP contribution < -0.4 is 4.72 Å². The number of fused-ring (bicyclic) bond motifs is 1. The number of H-pyrrole nitrogens is 1. The van der Waals surface area contributed by atoms with E-state index in [9.17, 15) is 4.21 Å². The number of aromatic nitrogens is 2. The molecule has 0 fully saturated rings. The summed E-state index contributed by atoms with van der Waals surface area (Å²) < 4.78 is 15.9. The number of nitrogens with zero attached hydrogens (tertiary/aromatic N) is 1. The van der Waals surface area contributed by atoms with Crippen LogP contribution in [0, 0.1) is 6.92 Å². The molecule has 2 N–H and O–H groups in total. The molecule has 0 bridgehead atoms. The first-order valence-corrected chi connectivity index (χ1v) is 8.34. The quantitative estimate of drug-likeness (QED) is 0.740. The van der Waals surface area contributed by atoms with Crippen LogP contribution in [0.5, 0.6) is 0 Å². The lowest BCUT2D eigenvalue weighted by Crippen LogP contribution is -2.03. The molecule has 2 aromatic heterocycles. The van der Waals surface area contributed by atoms with Gasteiger partial charge in [0.05, 0.1) is 32.5 Å². The molecule has 20 heavy (non-hydrogen) atoms. The Hall–Kier alpha value is -1.08. The summed E-state index contributed by atoms with van der Waals surface area (Å²) in [5, 5.41) is 2.68. The van der Waals surface area contributed by atoms with Crippen LogP contribution in [0.1, 0.15) is 5.01 Å². The number of hydrogen-bond acceptors (Lipinski definition) is 3. The number of hydrogen-bond donors (Lipinski definition) is 2. The molecular formula is C12H9Cl2N3OS2. The zero-order valence-electron chi connectivity index (χ0n) is 10.2. The monoisotopic (exact) mass is 345 g/mol. The van der Waals surface area contributed by atoms with Gasteiger partial charge in [-0.25, -0.2) is 9.19 Å². The van der Waals surface area contributed by atoms with E-state index in [1.54, 1.807) is 24.5 Å². The minimum absolute atomic E-state index is 0.535. The number of anilines is 1. The molecule has 0 saturated heterocycles. The Morgan fingerprint density at radius 3 is 2.85 bits per heavy atom. The third-order valence-corrected chi connectivity index (χ3v) is 5.62. The van der Waals surface area contributed by atoms with Gasteiger partial charge >= 0.3 is 0 Å². The molecule has 4 nitrogen and oxygen atoms in total. The Bertz CT molecular complexity index is 812. The van der Waals surface area contributed by atoms with Crippen molar-refractivity contribution >= 4 is 62.1 Å². The number of thiazole rings is 1. The van der Waals surface area contributed by atoms with E-state index in [1.165, 1.54) is 11.3 Å². The van der Waals surface area contributed by atoms with Gasteiger partial charge in [0.25, 0.3) is 0 Å². The fourth-order valence-corrected chi connectivity index (χ4v) is 4.30. The normalized spacial score (nSPS) is 12.8. The first-order chi connectivity index (χ1) is 9.56. The summed E-state index contributed by atoms with van der Waals surface area (Å²) in [4.78, 5) is 7.13. The maximum absolute atomic E-state index is 12.3. The van der Waals surface area contributed by atoms with Crippen molar-refractivity contribution in [3.05, 3.63) is 39.6 Å². The summed E-state index contributed by atoms with van der Waals surface area (Å²) in [5.41, 5.74) is 1.41. The lowest BCUT2D eigenvalue weighted by Gasteiger charge is -2.06. The number of nitrogens with one attached hydrogen (secondary N) is 2. The Kier molecular flexibility index (Phi) is 3.72. The second-order valence-corrected chi connectivity index (χ2v) is 7.54. The molecule has 0 aliphatic rings. The molecule has 0 aliphatic heterocycles. The Balaban J connectivity index is 1.99. The van der Waals surface area contributed by atoms with Crippen molar-refractivity contribution in [3.8, 4) is 0 Å². The SMILES string of the molecule is Cc1ncc(S(=O)Nc2ccc(Cl)c3c(Cl)c[nH]c23)s1. The van der Waals surface area contributed by atoms with Gasteiger partial charge in [-0.15, -0.1) is 11.3 Å². The molecule has 2 heterocycles. The van der Waals surface area contributed by atoms with Crippen LogP contribution in [-0.4, -0.2) is 14.2 Å². The third-order valence-electron chi connectivity index (χ3n) is 2.72. The number of halogens is 2. The van der Waals surface area contributed by atoms with Gasteiger partial charge in [-0.3, -0.25) is 4.72 Å². The second kappa shape index (κ2) is 5.37. The standard InChI is InChI=1S/C12H9Cl2N3OS2/c1-6-15-5-10(19-6)20(18)17-9-3-2-7(13)11-8(14)4-16-12(9)11/h2-5,16-17H,1H3. The molecule has 104 valence electrons. The topological polar surface area (TPSA) is 57.8 Å². The molecule has 1 aromatic carbocycles. The number of rotatable bonds is 3. The smallest absolute Gasteiger partial charge is 0.162 e. The number of benzene rings is 1. The van der Waals surface area contributed by atoms with E-state index in [0.717, 1.165) is 15.9 Å². The average molecular weight is 346 g/mol. The van der Waals surface area contributed by atoms with E-state index in [4.69, 9.17) is 23.2 Å². The van der Waals surface area contributed by atoms with E-state index in [2.05, 4.69) is 14.7 Å². The predicted octanol–water partition coefficient (Wildman–Crippen LogP) is 4.37. The summed E-state index contributed by atoms with van der Waals surface area (Å²) in [6, 6.07) is 3.49. The van der Waals surface area contributed by atoms with E-state index < -0.39 is 11.0 Å². The van der Waals surface area contributed by atoms with Crippen molar-refractivity contribution in [1.29, 1.82) is 0 Å². The average Bonchev–Trinajstić information content (AvgIpc) is 3.00. The zero-order valence-corrected chi connectivity index (χ0v) is 13.4. The van der Waals surface area contributed by atoms with Gasteiger partial charge in [-0.05, 0) is 19.1 Å². The van der Waals surface area contributed by atoms with Crippen molar-refractivity contribution in [2.45, 2.75) is 11.1 Å². The molecule has 0 spiro atoms. The van der Waals surface area contributed by atoms with Gasteiger partial charge in [-0.2, -0.15) is 0 Å². The summed E-state index contributed by atoms with van der Waals surface area (Å²) >= 11 is 13.6. The van der Waals surface area contributed by atoms with Gasteiger partial charge in [0.1, 0.15) is 4.21 Å². The van der Waals surface area contributed by atoms with E-state index in [1.807, 2.05) is 6.92 Å². The van der Waals surface area contributed by atoms with E-state index in [0.29, 0.717) is 19.9 Å². The number of aryl methyl sites for hydroxylation is 1. The molecule has 0 radical (unpaired) electrons. The lowest BCUT2D eigenvalue weighted by molar-refractivity contribution is 0.687. The molecule has 3 rings (SSSR count). The van der Waals surface area contributed by atoms with Crippen LogP contribution in [0.2, 0.25) is 10.0 Å². The fourth-order valence-electron chi connectivity index (χ4n) is 1.83. The maximum atomic E-state index is 12.3. The van der Waals surface area contributed by atoms with Crippen LogP contribution in [0.25, 0.3) is 10.9 Å². The van der Waals surface area contributed by atoms with Crippen LogP contribution in [-0.2, 0) is 11.0 Å². The molecular weight excluding hydrogens is 337 g/mol. The van der Waals surface area contributed by atoms with Crippen LogP contribution in [0.3, 0.4) is 0 Å². The lowest BCUT2D eigenvalue weighted by atomic mass is 10.2. The Morgan fingerprint density at radius 2 is 2.15 bits per heavy atom. The second-order valence-electron chi connectivity index (χ2n) is 4.05. The minimum atomic E-state index is -1.37. The highest BCUT2D eigenvalue weighted by Gasteiger charge is 2.13. The summed E-state index contributed by atoms with van der Waals surface area (Å²) in [5.74, 6) is 0. The molecule has 1 unspecified atom stereocenters. The maximum Gasteiger partial charge on any atom is 0.162 e. The minimum Gasteiger partial charge on any atom is -0.358 e. The van der Waals surface area contributed by atoms with Gasteiger partial charge < -0.3 is 4.98 Å². The highest BCUT2D eigenvalue weighted by molar-refractivity contribution is 7.88. The fraction of sp³-hybridized carbons (Fsp3) is 0.0833. The predicted molar refractivity (Wildman–Crippen MR) is 85.2 cm³/mol. The van der Waals surface area contributed by atoms with Crippen LogP contribution in [0.4, 0.5) is 5.69 Å². The van der Waals surface area contributed by atoms with Crippen molar-refractivity contribution in [2.75, 3.05) is 4.72 Å². The molecule has 1 atom stereocenters. The third kappa shape index (κ3) is 2.44. The highest BCUT2D eigenvalue weighted by Crippen LogP contribution is 2.35. The van der Waals surface area contributed by atoms with E-state index >= 15 is 0 Å². The first kappa shape index (κ1) is 13.9. The van der Waals surface area contributed by atoms with Crippen molar-refractivity contribution in [1.82, 2.24) is 9.97 Å². The largest absolute Gasteiger partial charge is 0.358 e. The summed E-state index contributed by atoms with van der Waals surface area (Å²) in [6.45, 7) is 1.87. The summed E-state index contributed by atoms with van der Waals surface area (Å²) in [6.07, 6.45) is 3.26. The van der Waals surface area contributed by atoms with Gasteiger partial charge in [-0.1, -0.05) is 23.2 Å². The van der Waals surface area contributed by atoms with Gasteiger partial charge in [0, 0.05) is 11.6 Å². The molecule has 3 aromatic rings. The van der Waals surface area contributed by atoms with Crippen molar-refractivity contribution in [2.24, 2.45) is 0 Å². The van der Waals surface area contributed by atoms with Gasteiger partial charge in [0.15, 0.2) is 11.0 Å². The van der Waals surface area contributed by atoms with Crippen LogP contribution in [0.15, 0.2) is 28.7 Å².